The molecule has 0 radical (unpaired) electrons. The van der Waals surface area contributed by atoms with Gasteiger partial charge in [0.15, 0.2) is 0 Å². The molecule has 3 heteroatoms. The van der Waals surface area contributed by atoms with Gasteiger partial charge in [-0.1, -0.05) is 26.0 Å². The minimum atomic E-state index is 0.797. The van der Waals surface area contributed by atoms with Crippen LogP contribution in [0.15, 0.2) is 24.3 Å². The van der Waals surface area contributed by atoms with E-state index in [1.54, 1.807) is 0 Å². The standard InChI is InChI=1S/C17H28N2O/c1-3-10-20-17-7-5-6-15(11-17)12-18-13-16-8-9-19(4-2)14-16/h5-7,11,16,18H,3-4,8-10,12-14H2,1-2H3. The summed E-state index contributed by atoms with van der Waals surface area (Å²) < 4.78 is 5.67. The summed E-state index contributed by atoms with van der Waals surface area (Å²) in [5.74, 6) is 1.80. The molecule has 0 bridgehead atoms. The molecule has 20 heavy (non-hydrogen) atoms. The topological polar surface area (TPSA) is 24.5 Å². The fourth-order valence-corrected chi connectivity index (χ4v) is 2.75. The Morgan fingerprint density at radius 1 is 1.35 bits per heavy atom. The molecule has 1 aromatic carbocycles. The van der Waals surface area contributed by atoms with Gasteiger partial charge in [-0.15, -0.1) is 0 Å². The molecule has 1 saturated heterocycles. The van der Waals surface area contributed by atoms with Crippen LogP contribution in [-0.4, -0.2) is 37.7 Å². The maximum atomic E-state index is 5.67. The van der Waals surface area contributed by atoms with E-state index in [4.69, 9.17) is 4.74 Å². The summed E-state index contributed by atoms with van der Waals surface area (Å²) in [6.45, 7) is 10.9. The van der Waals surface area contributed by atoms with E-state index in [-0.39, 0.29) is 0 Å². The Morgan fingerprint density at radius 3 is 3.00 bits per heavy atom. The third kappa shape index (κ3) is 4.80. The molecule has 1 N–H and O–H groups in total. The highest BCUT2D eigenvalue weighted by atomic mass is 16.5. The Bertz CT molecular complexity index is 394. The molecule has 1 heterocycles. The van der Waals surface area contributed by atoms with E-state index in [1.165, 1.54) is 31.6 Å². The number of hydrogen-bond acceptors (Lipinski definition) is 3. The summed E-state index contributed by atoms with van der Waals surface area (Å²) in [5.41, 5.74) is 1.31. The normalized spacial score (nSPS) is 19.4. The Labute approximate surface area is 123 Å². The second-order valence-corrected chi connectivity index (χ2v) is 5.67. The molecule has 1 atom stereocenters. The molecule has 0 amide bonds. The van der Waals surface area contributed by atoms with Gasteiger partial charge in [-0.3, -0.25) is 0 Å². The van der Waals surface area contributed by atoms with Gasteiger partial charge in [0.2, 0.25) is 0 Å². The predicted octanol–water partition coefficient (Wildman–Crippen LogP) is 2.91. The van der Waals surface area contributed by atoms with Crippen molar-refractivity contribution in [2.75, 3.05) is 32.8 Å². The number of benzene rings is 1. The second kappa shape index (κ2) is 8.28. The average Bonchev–Trinajstić information content (AvgIpc) is 2.93. The fraction of sp³-hybridized carbons (Fsp3) is 0.647. The predicted molar refractivity (Wildman–Crippen MR) is 84.2 cm³/mol. The molecule has 1 unspecified atom stereocenters. The Balaban J connectivity index is 1.71. The van der Waals surface area contributed by atoms with Crippen molar-refractivity contribution in [1.82, 2.24) is 10.2 Å². The van der Waals surface area contributed by atoms with Gasteiger partial charge in [0.1, 0.15) is 5.75 Å². The molecule has 1 aliphatic heterocycles. The van der Waals surface area contributed by atoms with Crippen LogP contribution in [0, 0.1) is 5.92 Å². The zero-order chi connectivity index (χ0) is 14.2. The minimum absolute atomic E-state index is 0.797. The van der Waals surface area contributed by atoms with E-state index in [0.717, 1.165) is 37.8 Å². The highest BCUT2D eigenvalue weighted by molar-refractivity contribution is 5.28. The van der Waals surface area contributed by atoms with Gasteiger partial charge in [-0.2, -0.15) is 0 Å². The number of rotatable bonds is 8. The molecule has 3 nitrogen and oxygen atoms in total. The number of nitrogens with one attached hydrogen (secondary N) is 1. The summed E-state index contributed by atoms with van der Waals surface area (Å²) in [7, 11) is 0. The molecule has 0 aromatic heterocycles. The van der Waals surface area contributed by atoms with E-state index < -0.39 is 0 Å². The van der Waals surface area contributed by atoms with Crippen LogP contribution in [0.5, 0.6) is 5.75 Å². The zero-order valence-electron chi connectivity index (χ0n) is 12.9. The van der Waals surface area contributed by atoms with Gasteiger partial charge in [-0.05, 0) is 56.1 Å². The lowest BCUT2D eigenvalue weighted by Crippen LogP contribution is -2.26. The molecule has 0 aliphatic carbocycles. The molecule has 112 valence electrons. The van der Waals surface area contributed by atoms with Crippen molar-refractivity contribution in [3.8, 4) is 5.75 Å². The third-order valence-electron chi connectivity index (χ3n) is 3.95. The average molecular weight is 276 g/mol. The smallest absolute Gasteiger partial charge is 0.119 e. The van der Waals surface area contributed by atoms with Crippen LogP contribution in [-0.2, 0) is 6.54 Å². The summed E-state index contributed by atoms with van der Waals surface area (Å²) in [5, 5.41) is 3.59. The van der Waals surface area contributed by atoms with Crippen LogP contribution < -0.4 is 10.1 Å². The Hall–Kier alpha value is -1.06. The molecule has 1 fully saturated rings. The first-order valence-electron chi connectivity index (χ1n) is 7.96. The van der Waals surface area contributed by atoms with Crippen LogP contribution in [0.1, 0.15) is 32.3 Å². The summed E-state index contributed by atoms with van der Waals surface area (Å²) >= 11 is 0. The summed E-state index contributed by atoms with van der Waals surface area (Å²) in [4.78, 5) is 2.53. The van der Waals surface area contributed by atoms with Crippen LogP contribution in [0.25, 0.3) is 0 Å². The maximum Gasteiger partial charge on any atom is 0.119 e. The van der Waals surface area contributed by atoms with Crippen molar-refractivity contribution in [2.24, 2.45) is 5.92 Å². The number of hydrogen-bond donors (Lipinski definition) is 1. The zero-order valence-corrected chi connectivity index (χ0v) is 12.9. The monoisotopic (exact) mass is 276 g/mol. The first-order valence-corrected chi connectivity index (χ1v) is 7.96. The van der Waals surface area contributed by atoms with E-state index in [9.17, 15) is 0 Å². The SMILES string of the molecule is CCCOc1cccc(CNCC2CCN(CC)C2)c1. The molecule has 1 aromatic rings. The lowest BCUT2D eigenvalue weighted by Gasteiger charge is -2.14. The third-order valence-corrected chi connectivity index (χ3v) is 3.95. The first kappa shape index (κ1) is 15.3. The molecule has 2 rings (SSSR count). The molecular formula is C17H28N2O. The molecule has 1 aliphatic rings. The van der Waals surface area contributed by atoms with E-state index in [0.29, 0.717) is 0 Å². The van der Waals surface area contributed by atoms with Crippen molar-refractivity contribution in [3.63, 3.8) is 0 Å². The number of ether oxygens (including phenoxy) is 1. The van der Waals surface area contributed by atoms with Gasteiger partial charge in [0.25, 0.3) is 0 Å². The lowest BCUT2D eigenvalue weighted by atomic mass is 10.1. The number of nitrogens with zero attached hydrogens (tertiary/aromatic N) is 1. The summed E-state index contributed by atoms with van der Waals surface area (Å²) in [6, 6.07) is 8.43. The largest absolute Gasteiger partial charge is 0.494 e. The lowest BCUT2D eigenvalue weighted by molar-refractivity contribution is 0.317. The Morgan fingerprint density at radius 2 is 2.25 bits per heavy atom. The van der Waals surface area contributed by atoms with Crippen molar-refractivity contribution < 1.29 is 4.74 Å². The van der Waals surface area contributed by atoms with Crippen LogP contribution >= 0.6 is 0 Å². The van der Waals surface area contributed by atoms with Gasteiger partial charge >= 0.3 is 0 Å². The Kier molecular flexibility index (Phi) is 6.34. The van der Waals surface area contributed by atoms with Gasteiger partial charge in [-0.25, -0.2) is 0 Å². The molecule has 0 spiro atoms. The van der Waals surface area contributed by atoms with Crippen LogP contribution in [0.4, 0.5) is 0 Å². The number of likely N-dealkylation sites (tertiary alicyclic amines) is 1. The van der Waals surface area contributed by atoms with E-state index in [2.05, 4.69) is 42.3 Å². The van der Waals surface area contributed by atoms with Crippen molar-refractivity contribution >= 4 is 0 Å². The van der Waals surface area contributed by atoms with Crippen LogP contribution in [0.2, 0.25) is 0 Å². The van der Waals surface area contributed by atoms with Crippen molar-refractivity contribution in [1.29, 1.82) is 0 Å². The van der Waals surface area contributed by atoms with Gasteiger partial charge in [0, 0.05) is 13.1 Å². The maximum absolute atomic E-state index is 5.67. The first-order chi connectivity index (χ1) is 9.81. The van der Waals surface area contributed by atoms with E-state index >= 15 is 0 Å². The second-order valence-electron chi connectivity index (χ2n) is 5.67. The van der Waals surface area contributed by atoms with Crippen molar-refractivity contribution in [3.05, 3.63) is 29.8 Å². The van der Waals surface area contributed by atoms with Crippen molar-refractivity contribution in [2.45, 2.75) is 33.2 Å². The fourth-order valence-electron chi connectivity index (χ4n) is 2.75. The highest BCUT2D eigenvalue weighted by Gasteiger charge is 2.20. The summed E-state index contributed by atoms with van der Waals surface area (Å²) in [6.07, 6.45) is 2.39. The molecular weight excluding hydrogens is 248 g/mol. The van der Waals surface area contributed by atoms with Crippen LogP contribution in [0.3, 0.4) is 0 Å². The van der Waals surface area contributed by atoms with Gasteiger partial charge in [0.05, 0.1) is 6.61 Å². The van der Waals surface area contributed by atoms with E-state index in [1.807, 2.05) is 6.07 Å². The highest BCUT2D eigenvalue weighted by Crippen LogP contribution is 2.16. The minimum Gasteiger partial charge on any atom is -0.494 e. The molecule has 0 saturated carbocycles. The van der Waals surface area contributed by atoms with Gasteiger partial charge < -0.3 is 15.0 Å². The quantitative estimate of drug-likeness (QED) is 0.790.